The van der Waals surface area contributed by atoms with Gasteiger partial charge in [-0.25, -0.2) is 0 Å². The molecule has 0 saturated carbocycles. The van der Waals surface area contributed by atoms with Crippen LogP contribution in [-0.2, 0) is 25.6 Å². The zero-order chi connectivity index (χ0) is 35.6. The van der Waals surface area contributed by atoms with E-state index in [-0.39, 0.29) is 22.9 Å². The largest absolute Gasteiger partial charge is 0.485 e. The molecule has 258 valence electrons. The number of rotatable bonds is 15. The summed E-state index contributed by atoms with van der Waals surface area (Å²) in [6.45, 7) is 0.496. The summed E-state index contributed by atoms with van der Waals surface area (Å²) in [6.07, 6.45) is -6.43. The molecule has 0 saturated heterocycles. The van der Waals surface area contributed by atoms with Crippen LogP contribution in [0.3, 0.4) is 0 Å². The number of alkyl halides is 5. The monoisotopic (exact) mass is 715 g/mol. The molecule has 3 atom stereocenters. The molecule has 0 heterocycles. The van der Waals surface area contributed by atoms with Crippen LogP contribution < -0.4 is 20.7 Å². The molecule has 0 aliphatic carbocycles. The zero-order valence-electron chi connectivity index (χ0n) is 25.6. The minimum Gasteiger partial charge on any atom is -0.485 e. The summed E-state index contributed by atoms with van der Waals surface area (Å²) in [5, 5.41) is 6.19. The Morgan fingerprint density at radius 2 is 1.42 bits per heavy atom. The van der Waals surface area contributed by atoms with Gasteiger partial charge in [0.15, 0.2) is 0 Å². The summed E-state index contributed by atoms with van der Waals surface area (Å²) in [4.78, 5) is 51.7. The molecule has 0 fully saturated rings. The molecule has 0 radical (unpaired) electrons. The first kappa shape index (κ1) is 38.2. The summed E-state index contributed by atoms with van der Waals surface area (Å²) < 4.78 is 73.1. The van der Waals surface area contributed by atoms with Gasteiger partial charge < -0.3 is 20.7 Å². The van der Waals surface area contributed by atoms with Gasteiger partial charge in [-0.2, -0.15) is 22.0 Å². The third-order valence-corrected chi connectivity index (χ3v) is 7.67. The van der Waals surface area contributed by atoms with E-state index < -0.39 is 66.3 Å². The minimum atomic E-state index is -5.01. The lowest BCUT2D eigenvalue weighted by atomic mass is 9.94. The van der Waals surface area contributed by atoms with Gasteiger partial charge in [0, 0.05) is 6.42 Å². The Balaban J connectivity index is 1.85. The van der Waals surface area contributed by atoms with E-state index in [4.69, 9.17) is 27.9 Å². The van der Waals surface area contributed by atoms with Crippen molar-refractivity contribution < 1.29 is 45.9 Å². The second-order valence-corrected chi connectivity index (χ2v) is 11.9. The molecule has 15 heteroatoms. The molecule has 3 aromatic rings. The molecule has 3 N–H and O–H groups in total. The number of Topliss-reactive ketones (excluding diaryl/α,β-unsaturated/α-hetero) is 1. The fourth-order valence-corrected chi connectivity index (χ4v) is 4.78. The van der Waals surface area contributed by atoms with E-state index in [2.05, 4.69) is 10.6 Å². The van der Waals surface area contributed by atoms with Crippen LogP contribution in [0.1, 0.15) is 37.5 Å². The van der Waals surface area contributed by atoms with Crippen LogP contribution in [-0.4, -0.2) is 54.2 Å². The Hall–Kier alpha value is -4.23. The molecule has 3 aromatic carbocycles. The zero-order valence-corrected chi connectivity index (χ0v) is 27.1. The normalized spacial score (nSPS) is 13.6. The number of amides is 3. The lowest BCUT2D eigenvalue weighted by Crippen LogP contribution is -2.59. The number of nitrogens with one attached hydrogen (secondary N) is 3. The molecule has 3 rings (SSSR count). The predicted molar refractivity (Wildman–Crippen MR) is 169 cm³/mol. The van der Waals surface area contributed by atoms with Gasteiger partial charge >= 0.3 is 12.1 Å². The van der Waals surface area contributed by atoms with Crippen molar-refractivity contribution in [3.8, 4) is 5.75 Å². The van der Waals surface area contributed by atoms with Crippen molar-refractivity contribution in [2.24, 2.45) is 5.92 Å². The average molecular weight is 717 g/mol. The van der Waals surface area contributed by atoms with Crippen molar-refractivity contribution in [1.29, 1.82) is 0 Å². The second-order valence-electron chi connectivity index (χ2n) is 11.1. The van der Waals surface area contributed by atoms with E-state index in [1.165, 1.54) is 26.0 Å². The Morgan fingerprint density at radius 3 is 1.98 bits per heavy atom. The van der Waals surface area contributed by atoms with Gasteiger partial charge in [-0.3, -0.25) is 19.2 Å². The molecule has 3 amide bonds. The highest BCUT2D eigenvalue weighted by Crippen LogP contribution is 2.30. The quantitative estimate of drug-likeness (QED) is 0.127. The van der Waals surface area contributed by atoms with Crippen LogP contribution in [0, 0.1) is 5.92 Å². The molecule has 0 bridgehead atoms. The molecule has 2 unspecified atom stereocenters. The Bertz CT molecular complexity index is 1580. The molecule has 0 aliphatic heterocycles. The summed E-state index contributed by atoms with van der Waals surface area (Å²) >= 11 is 12.3. The summed E-state index contributed by atoms with van der Waals surface area (Å²) in [6, 6.07) is 18.1. The number of para-hydroxylation sites is 1. The molecule has 0 aliphatic rings. The van der Waals surface area contributed by atoms with Gasteiger partial charge in [-0.05, 0) is 41.3 Å². The van der Waals surface area contributed by atoms with Crippen LogP contribution >= 0.6 is 23.2 Å². The predicted octanol–water partition coefficient (Wildman–Crippen LogP) is 6.25. The van der Waals surface area contributed by atoms with E-state index in [0.29, 0.717) is 16.9 Å². The van der Waals surface area contributed by atoms with Crippen molar-refractivity contribution in [2.75, 3.05) is 6.54 Å². The standard InChI is InChI=1S/C33H32Cl2F5N3O5/c1-19(2)28(29(45)33(39,40)31(47)41-18-32(36,37)38)43-30(46)25(15-20-9-5-3-6-10-20)42-27(44)17-26(48-22-11-7-4-8-12-22)21-13-14-23(34)24(35)16-21/h3-14,16,19,25-26,28H,15,17-18H2,1-2H3,(H,41,47)(H,42,44)(H,43,46)/t25?,26?,28-/m0/s1. The van der Waals surface area contributed by atoms with Crippen LogP contribution in [0.2, 0.25) is 10.0 Å². The Kier molecular flexibility index (Phi) is 13.3. The number of carbonyl (C=O) groups excluding carboxylic acids is 4. The maximum absolute atomic E-state index is 14.8. The lowest BCUT2D eigenvalue weighted by Gasteiger charge is -2.28. The SMILES string of the molecule is CC(C)[C@H](NC(=O)C(Cc1ccccc1)NC(=O)CC(Oc1ccccc1)c1ccc(Cl)c(Cl)c1)C(=O)C(F)(F)C(=O)NCC(F)(F)F. The summed E-state index contributed by atoms with van der Waals surface area (Å²) in [5.41, 5.74) is 1.03. The van der Waals surface area contributed by atoms with Crippen LogP contribution in [0.4, 0.5) is 22.0 Å². The van der Waals surface area contributed by atoms with E-state index in [9.17, 15) is 41.1 Å². The number of halogens is 7. The van der Waals surface area contributed by atoms with Crippen LogP contribution in [0.25, 0.3) is 0 Å². The molecular formula is C33H32Cl2F5N3O5. The minimum absolute atomic E-state index is 0.142. The van der Waals surface area contributed by atoms with Crippen molar-refractivity contribution in [3.63, 3.8) is 0 Å². The van der Waals surface area contributed by atoms with Gasteiger partial charge in [0.05, 0.1) is 22.5 Å². The molecule has 48 heavy (non-hydrogen) atoms. The number of carbonyl (C=O) groups is 4. The van der Waals surface area contributed by atoms with E-state index >= 15 is 0 Å². The summed E-state index contributed by atoms with van der Waals surface area (Å²) in [7, 11) is 0. The van der Waals surface area contributed by atoms with E-state index in [0.717, 1.165) is 5.32 Å². The van der Waals surface area contributed by atoms with E-state index in [1.54, 1.807) is 66.7 Å². The first-order valence-electron chi connectivity index (χ1n) is 14.6. The average Bonchev–Trinajstić information content (AvgIpc) is 3.03. The number of hydrogen-bond acceptors (Lipinski definition) is 5. The Morgan fingerprint density at radius 1 is 0.812 bits per heavy atom. The number of benzene rings is 3. The fraction of sp³-hybridized carbons (Fsp3) is 0.333. The van der Waals surface area contributed by atoms with Crippen molar-refractivity contribution in [3.05, 3.63) is 100 Å². The third-order valence-electron chi connectivity index (χ3n) is 6.93. The van der Waals surface area contributed by atoms with Crippen molar-refractivity contribution in [2.45, 2.75) is 57.0 Å². The van der Waals surface area contributed by atoms with Crippen molar-refractivity contribution >= 4 is 46.7 Å². The number of ketones is 1. The van der Waals surface area contributed by atoms with Crippen LogP contribution in [0.15, 0.2) is 78.9 Å². The maximum atomic E-state index is 14.8. The third kappa shape index (κ3) is 11.2. The highest BCUT2D eigenvalue weighted by atomic mass is 35.5. The molecule has 0 aromatic heterocycles. The van der Waals surface area contributed by atoms with Gasteiger partial charge in [-0.15, -0.1) is 0 Å². The topological polar surface area (TPSA) is 114 Å². The highest BCUT2D eigenvalue weighted by molar-refractivity contribution is 6.42. The first-order valence-corrected chi connectivity index (χ1v) is 15.3. The smallest absolute Gasteiger partial charge is 0.405 e. The number of ether oxygens (including phenoxy) is 1. The van der Waals surface area contributed by atoms with Gasteiger partial charge in [0.2, 0.25) is 17.6 Å². The number of hydrogen-bond donors (Lipinski definition) is 3. The summed E-state index contributed by atoms with van der Waals surface area (Å²) in [5.74, 6) is -11.9. The van der Waals surface area contributed by atoms with Gasteiger partial charge in [-0.1, -0.05) is 91.6 Å². The highest BCUT2D eigenvalue weighted by Gasteiger charge is 2.52. The second kappa shape index (κ2) is 16.7. The van der Waals surface area contributed by atoms with Crippen LogP contribution in [0.5, 0.6) is 5.75 Å². The molecule has 0 spiro atoms. The fourth-order valence-electron chi connectivity index (χ4n) is 4.47. The maximum Gasteiger partial charge on any atom is 0.405 e. The molecular weight excluding hydrogens is 684 g/mol. The van der Waals surface area contributed by atoms with Gasteiger partial charge in [0.25, 0.3) is 5.91 Å². The lowest BCUT2D eigenvalue weighted by molar-refractivity contribution is -0.165. The van der Waals surface area contributed by atoms with Crippen molar-refractivity contribution in [1.82, 2.24) is 16.0 Å². The van der Waals surface area contributed by atoms with Gasteiger partial charge in [0.1, 0.15) is 24.4 Å². The van der Waals surface area contributed by atoms with E-state index in [1.807, 2.05) is 0 Å². The Labute approximate surface area is 283 Å². The first-order chi connectivity index (χ1) is 22.5. The molecule has 8 nitrogen and oxygen atoms in total.